The lowest BCUT2D eigenvalue weighted by molar-refractivity contribution is -0.385. The molecule has 19 heavy (non-hydrogen) atoms. The van der Waals surface area contributed by atoms with Gasteiger partial charge in [-0.05, 0) is 12.5 Å². The van der Waals surface area contributed by atoms with E-state index in [2.05, 4.69) is 0 Å². The minimum Gasteiger partial charge on any atom is -0.496 e. The number of rotatable bonds is 5. The Labute approximate surface area is 111 Å². The van der Waals surface area contributed by atoms with Gasteiger partial charge in [0, 0.05) is 37.3 Å². The summed E-state index contributed by atoms with van der Waals surface area (Å²) >= 11 is 0. The van der Waals surface area contributed by atoms with Crippen LogP contribution in [-0.2, 0) is 6.54 Å². The van der Waals surface area contributed by atoms with Crippen LogP contribution in [0.2, 0.25) is 0 Å². The van der Waals surface area contributed by atoms with E-state index in [0.29, 0.717) is 25.4 Å². The van der Waals surface area contributed by atoms with Gasteiger partial charge in [-0.3, -0.25) is 15.0 Å². The molecule has 1 aromatic carbocycles. The molecule has 0 aromatic heterocycles. The van der Waals surface area contributed by atoms with Crippen LogP contribution >= 0.6 is 0 Å². The first-order valence-electron chi connectivity index (χ1n) is 6.23. The number of hydrogen-bond donors (Lipinski definition) is 1. The molecule has 0 aliphatic carbocycles. The average Bonchev–Trinajstić information content (AvgIpc) is 2.36. The Morgan fingerprint density at radius 3 is 2.74 bits per heavy atom. The van der Waals surface area contributed by atoms with Crippen molar-refractivity contribution in [2.45, 2.75) is 25.5 Å². The maximum atomic E-state index is 10.8. The molecule has 0 spiro atoms. The fourth-order valence-electron chi connectivity index (χ4n) is 2.36. The summed E-state index contributed by atoms with van der Waals surface area (Å²) < 4.78 is 5.22. The van der Waals surface area contributed by atoms with Crippen molar-refractivity contribution >= 4 is 5.69 Å². The summed E-state index contributed by atoms with van der Waals surface area (Å²) in [4.78, 5) is 12.4. The van der Waals surface area contributed by atoms with Crippen molar-refractivity contribution in [3.8, 4) is 5.75 Å². The highest BCUT2D eigenvalue weighted by Crippen LogP contribution is 2.30. The van der Waals surface area contributed by atoms with Crippen LogP contribution in [0.15, 0.2) is 18.2 Å². The van der Waals surface area contributed by atoms with Gasteiger partial charge in [-0.1, -0.05) is 6.92 Å². The topological polar surface area (TPSA) is 75.8 Å². The van der Waals surface area contributed by atoms with Crippen molar-refractivity contribution in [3.05, 3.63) is 33.9 Å². The van der Waals surface area contributed by atoms with Crippen LogP contribution in [0.3, 0.4) is 0 Å². The van der Waals surface area contributed by atoms with Crippen molar-refractivity contribution in [2.75, 3.05) is 20.2 Å². The van der Waals surface area contributed by atoms with E-state index >= 15 is 0 Å². The predicted octanol–water partition coefficient (Wildman–Crippen LogP) is 1.56. The molecule has 0 atom stereocenters. The monoisotopic (exact) mass is 266 g/mol. The fourth-order valence-corrected chi connectivity index (χ4v) is 2.36. The van der Waals surface area contributed by atoms with Crippen molar-refractivity contribution < 1.29 is 14.8 Å². The molecule has 104 valence electrons. The number of ether oxygens (including phenoxy) is 1. The van der Waals surface area contributed by atoms with Crippen LogP contribution in [0.1, 0.15) is 18.9 Å². The van der Waals surface area contributed by atoms with Gasteiger partial charge < -0.3 is 9.84 Å². The first kappa shape index (κ1) is 13.8. The smallest absolute Gasteiger partial charge is 0.270 e. The first-order chi connectivity index (χ1) is 8.97. The minimum atomic E-state index is -0.603. The van der Waals surface area contributed by atoms with Crippen molar-refractivity contribution in [3.63, 3.8) is 0 Å². The standard InChI is InChI=1S/C13H18N2O4/c1-3-13(16)8-14(9-13)7-10-6-11(15(17)18)4-5-12(10)19-2/h4-6,16H,3,7-9H2,1-2H3. The molecule has 0 amide bonds. The molecule has 0 radical (unpaired) electrons. The highest BCUT2D eigenvalue weighted by molar-refractivity contribution is 5.43. The number of nitro benzene ring substituents is 1. The average molecular weight is 266 g/mol. The Kier molecular flexibility index (Phi) is 3.73. The van der Waals surface area contributed by atoms with Gasteiger partial charge >= 0.3 is 0 Å². The van der Waals surface area contributed by atoms with Crippen molar-refractivity contribution in [1.82, 2.24) is 4.90 Å². The lowest BCUT2D eigenvalue weighted by atomic mass is 9.91. The van der Waals surface area contributed by atoms with E-state index in [-0.39, 0.29) is 5.69 Å². The molecule has 0 bridgehead atoms. The first-order valence-corrected chi connectivity index (χ1v) is 6.23. The normalized spacial score (nSPS) is 17.8. The molecule has 6 nitrogen and oxygen atoms in total. The highest BCUT2D eigenvalue weighted by Gasteiger charge is 2.39. The predicted molar refractivity (Wildman–Crippen MR) is 70.2 cm³/mol. The largest absolute Gasteiger partial charge is 0.496 e. The zero-order chi connectivity index (χ0) is 14.0. The van der Waals surface area contributed by atoms with E-state index in [1.807, 2.05) is 11.8 Å². The van der Waals surface area contributed by atoms with Crippen LogP contribution in [0.4, 0.5) is 5.69 Å². The van der Waals surface area contributed by atoms with Gasteiger partial charge in [-0.15, -0.1) is 0 Å². The maximum absolute atomic E-state index is 10.8. The third kappa shape index (κ3) is 2.85. The molecule has 1 aliphatic rings. The molecular weight excluding hydrogens is 248 g/mol. The lowest BCUT2D eigenvalue weighted by Crippen LogP contribution is -2.60. The van der Waals surface area contributed by atoms with E-state index in [4.69, 9.17) is 4.74 Å². The Hall–Kier alpha value is -1.66. The van der Waals surface area contributed by atoms with E-state index in [9.17, 15) is 15.2 Å². The molecular formula is C13H18N2O4. The Morgan fingerprint density at radius 2 is 2.21 bits per heavy atom. The second-order valence-electron chi connectivity index (χ2n) is 4.98. The van der Waals surface area contributed by atoms with Crippen molar-refractivity contribution in [1.29, 1.82) is 0 Å². The maximum Gasteiger partial charge on any atom is 0.270 e. The van der Waals surface area contributed by atoms with Crippen LogP contribution in [0.5, 0.6) is 5.75 Å². The van der Waals surface area contributed by atoms with Crippen LogP contribution in [0.25, 0.3) is 0 Å². The lowest BCUT2D eigenvalue weighted by Gasteiger charge is -2.46. The quantitative estimate of drug-likeness (QED) is 0.646. The number of nitrogens with zero attached hydrogens (tertiary/aromatic N) is 2. The van der Waals surface area contributed by atoms with Gasteiger partial charge in [0.15, 0.2) is 0 Å². The van der Waals surface area contributed by atoms with Crippen molar-refractivity contribution in [2.24, 2.45) is 0 Å². The number of methoxy groups -OCH3 is 1. The molecule has 1 aromatic rings. The summed E-state index contributed by atoms with van der Waals surface area (Å²) in [6.07, 6.45) is 0.718. The van der Waals surface area contributed by atoms with Gasteiger partial charge in [0.05, 0.1) is 17.6 Å². The van der Waals surface area contributed by atoms with E-state index < -0.39 is 10.5 Å². The van der Waals surface area contributed by atoms with Crippen LogP contribution < -0.4 is 4.74 Å². The van der Waals surface area contributed by atoms with Gasteiger partial charge in [0.2, 0.25) is 0 Å². The summed E-state index contributed by atoms with van der Waals surface area (Å²) in [5, 5.41) is 20.7. The Bertz CT molecular complexity index is 484. The summed E-state index contributed by atoms with van der Waals surface area (Å²) in [5.41, 5.74) is 0.227. The van der Waals surface area contributed by atoms with Crippen LogP contribution in [-0.4, -0.2) is 40.7 Å². The number of non-ortho nitro benzene ring substituents is 1. The van der Waals surface area contributed by atoms with Gasteiger partial charge in [-0.2, -0.15) is 0 Å². The SMILES string of the molecule is CCC1(O)CN(Cc2cc([N+](=O)[O-])ccc2OC)C1. The van der Waals surface area contributed by atoms with Crippen LogP contribution in [0, 0.1) is 10.1 Å². The summed E-state index contributed by atoms with van der Waals surface area (Å²) in [7, 11) is 1.54. The molecule has 1 N–H and O–H groups in total. The summed E-state index contributed by atoms with van der Waals surface area (Å²) in [6, 6.07) is 4.57. The van der Waals surface area contributed by atoms with E-state index in [1.165, 1.54) is 12.1 Å². The second kappa shape index (κ2) is 5.14. The number of aliphatic hydroxyl groups is 1. The molecule has 6 heteroatoms. The number of hydrogen-bond acceptors (Lipinski definition) is 5. The Balaban J connectivity index is 2.11. The van der Waals surface area contributed by atoms with Gasteiger partial charge in [-0.25, -0.2) is 0 Å². The molecule has 0 saturated carbocycles. The molecule has 0 unspecified atom stereocenters. The number of benzene rings is 1. The Morgan fingerprint density at radius 1 is 1.53 bits per heavy atom. The zero-order valence-corrected chi connectivity index (χ0v) is 11.1. The number of nitro groups is 1. The molecule has 1 fully saturated rings. The van der Waals surface area contributed by atoms with E-state index in [0.717, 1.165) is 12.0 Å². The highest BCUT2D eigenvalue weighted by atomic mass is 16.6. The fraction of sp³-hybridized carbons (Fsp3) is 0.538. The number of likely N-dealkylation sites (tertiary alicyclic amines) is 1. The molecule has 2 rings (SSSR count). The molecule has 1 heterocycles. The third-order valence-electron chi connectivity index (χ3n) is 3.56. The summed E-state index contributed by atoms with van der Waals surface area (Å²) in [5.74, 6) is 0.637. The third-order valence-corrected chi connectivity index (χ3v) is 3.56. The summed E-state index contributed by atoms with van der Waals surface area (Å²) in [6.45, 7) is 3.68. The van der Waals surface area contributed by atoms with Gasteiger partial charge in [0.25, 0.3) is 5.69 Å². The number of β-amino-alcohol motifs (C(OH)–C–C–N with tert-alkyl or cyclic N) is 1. The molecule has 1 aliphatic heterocycles. The molecule has 1 saturated heterocycles. The zero-order valence-electron chi connectivity index (χ0n) is 11.1. The second-order valence-corrected chi connectivity index (χ2v) is 4.98. The van der Waals surface area contributed by atoms with E-state index in [1.54, 1.807) is 13.2 Å². The minimum absolute atomic E-state index is 0.0575. The van der Waals surface area contributed by atoms with Gasteiger partial charge in [0.1, 0.15) is 5.75 Å².